The topological polar surface area (TPSA) is 116 Å². The first-order chi connectivity index (χ1) is 16.1. The van der Waals surface area contributed by atoms with Crippen LogP contribution in [0, 0.1) is 10.1 Å². The highest BCUT2D eigenvalue weighted by atomic mass is 32.2. The minimum absolute atomic E-state index is 0.0124. The number of hydrogen-bond donors (Lipinski definition) is 0. The first kappa shape index (κ1) is 23.4. The Labute approximate surface area is 195 Å². The molecule has 0 radical (unpaired) electrons. The SMILES string of the molecule is O=C(CSc1nnc(-c2ccc([N+](=O)[O-])cc2)n1C=CCN1CCOCC1)N1CCOCC1. The molecule has 0 unspecified atom stereocenters. The largest absolute Gasteiger partial charge is 0.379 e. The van der Waals surface area contributed by atoms with Crippen LogP contribution in [0.5, 0.6) is 0 Å². The van der Waals surface area contributed by atoms with E-state index in [-0.39, 0.29) is 17.3 Å². The van der Waals surface area contributed by atoms with Crippen LogP contribution in [-0.4, -0.2) is 100 Å². The van der Waals surface area contributed by atoms with E-state index in [4.69, 9.17) is 9.47 Å². The number of carbonyl (C=O) groups is 1. The van der Waals surface area contributed by atoms with Crippen molar-refractivity contribution in [3.8, 4) is 11.4 Å². The van der Waals surface area contributed by atoms with Gasteiger partial charge in [0, 0.05) is 56.6 Å². The van der Waals surface area contributed by atoms with E-state index in [1.807, 2.05) is 16.8 Å². The molecule has 2 fully saturated rings. The summed E-state index contributed by atoms with van der Waals surface area (Å²) < 4.78 is 12.5. The third-order valence-electron chi connectivity index (χ3n) is 5.41. The number of non-ortho nitro benzene ring substituents is 1. The van der Waals surface area contributed by atoms with E-state index in [0.717, 1.165) is 32.8 Å². The maximum absolute atomic E-state index is 12.6. The van der Waals surface area contributed by atoms with Crippen molar-refractivity contribution in [2.45, 2.75) is 5.16 Å². The van der Waals surface area contributed by atoms with Gasteiger partial charge in [-0.05, 0) is 12.1 Å². The summed E-state index contributed by atoms with van der Waals surface area (Å²) in [6.07, 6.45) is 3.92. The monoisotopic (exact) mass is 474 g/mol. The van der Waals surface area contributed by atoms with Crippen LogP contribution in [0.2, 0.25) is 0 Å². The van der Waals surface area contributed by atoms with Crippen molar-refractivity contribution < 1.29 is 19.2 Å². The number of nitrogens with zero attached hydrogens (tertiary/aromatic N) is 6. The van der Waals surface area contributed by atoms with Crippen molar-refractivity contribution in [2.24, 2.45) is 0 Å². The summed E-state index contributed by atoms with van der Waals surface area (Å²) in [7, 11) is 0. The lowest BCUT2D eigenvalue weighted by molar-refractivity contribution is -0.384. The Hall–Kier alpha value is -2.80. The van der Waals surface area contributed by atoms with Crippen LogP contribution in [0.4, 0.5) is 5.69 Å². The molecule has 4 rings (SSSR count). The standard InChI is InChI=1S/C21H26N6O5S/c28-19(25-10-14-32-15-11-25)16-33-21-23-22-20(17-2-4-18(5-3-17)27(29)30)26(21)7-1-6-24-8-12-31-13-9-24/h1-5,7H,6,8-16H2. The van der Waals surface area contributed by atoms with Crippen molar-refractivity contribution >= 4 is 29.6 Å². The molecule has 12 heteroatoms. The maximum atomic E-state index is 12.6. The van der Waals surface area contributed by atoms with Crippen molar-refractivity contribution in [2.75, 3.05) is 64.9 Å². The van der Waals surface area contributed by atoms with Gasteiger partial charge in [-0.25, -0.2) is 0 Å². The summed E-state index contributed by atoms with van der Waals surface area (Å²) >= 11 is 1.32. The van der Waals surface area contributed by atoms with Gasteiger partial charge >= 0.3 is 0 Å². The molecule has 2 aliphatic heterocycles. The number of thioether (sulfide) groups is 1. The fourth-order valence-corrected chi connectivity index (χ4v) is 4.37. The van der Waals surface area contributed by atoms with Crippen LogP contribution in [0.1, 0.15) is 0 Å². The predicted octanol–water partition coefficient (Wildman–Crippen LogP) is 1.61. The second kappa shape index (κ2) is 11.4. The lowest BCUT2D eigenvalue weighted by Crippen LogP contribution is -2.41. The molecule has 11 nitrogen and oxygen atoms in total. The molecule has 0 saturated carbocycles. The molecule has 0 aliphatic carbocycles. The minimum Gasteiger partial charge on any atom is -0.379 e. The van der Waals surface area contributed by atoms with E-state index in [9.17, 15) is 14.9 Å². The molecule has 2 aromatic rings. The van der Waals surface area contributed by atoms with Gasteiger partial charge in [0.15, 0.2) is 11.0 Å². The fraction of sp³-hybridized carbons (Fsp3) is 0.476. The summed E-state index contributed by atoms with van der Waals surface area (Å²) in [4.78, 5) is 27.2. The number of nitro benzene ring substituents is 1. The molecular formula is C21H26N6O5S. The Balaban J connectivity index is 1.51. The molecule has 1 aromatic carbocycles. The lowest BCUT2D eigenvalue weighted by atomic mass is 10.2. The van der Waals surface area contributed by atoms with Crippen molar-refractivity contribution in [1.29, 1.82) is 0 Å². The molecular weight excluding hydrogens is 448 g/mol. The number of rotatable bonds is 8. The normalized spacial score (nSPS) is 17.5. The zero-order valence-corrected chi connectivity index (χ0v) is 19.0. The van der Waals surface area contributed by atoms with Gasteiger partial charge in [0.2, 0.25) is 5.91 Å². The Morgan fingerprint density at radius 1 is 1.06 bits per heavy atom. The summed E-state index contributed by atoms with van der Waals surface area (Å²) in [5.41, 5.74) is 0.717. The van der Waals surface area contributed by atoms with Crippen molar-refractivity contribution in [3.63, 3.8) is 0 Å². The molecule has 2 saturated heterocycles. The van der Waals surface area contributed by atoms with Crippen LogP contribution >= 0.6 is 11.8 Å². The van der Waals surface area contributed by atoms with Crippen LogP contribution in [0.15, 0.2) is 35.5 Å². The smallest absolute Gasteiger partial charge is 0.269 e. The Kier molecular flexibility index (Phi) is 8.05. The Bertz CT molecular complexity index is 984. The van der Waals surface area contributed by atoms with Crippen LogP contribution in [-0.2, 0) is 14.3 Å². The van der Waals surface area contributed by atoms with E-state index in [1.165, 1.54) is 23.9 Å². The van der Waals surface area contributed by atoms with E-state index in [2.05, 4.69) is 15.1 Å². The van der Waals surface area contributed by atoms with E-state index in [0.29, 0.717) is 42.8 Å². The maximum Gasteiger partial charge on any atom is 0.269 e. The molecule has 0 atom stereocenters. The summed E-state index contributed by atoms with van der Waals surface area (Å²) in [6, 6.07) is 6.20. The van der Waals surface area contributed by atoms with Gasteiger partial charge < -0.3 is 14.4 Å². The second-order valence-corrected chi connectivity index (χ2v) is 8.50. The van der Waals surface area contributed by atoms with E-state index >= 15 is 0 Å². The van der Waals surface area contributed by atoms with E-state index in [1.54, 1.807) is 17.0 Å². The minimum atomic E-state index is -0.435. The molecule has 3 heterocycles. The van der Waals surface area contributed by atoms with E-state index < -0.39 is 4.92 Å². The summed E-state index contributed by atoms with van der Waals surface area (Å²) in [5, 5.41) is 20.2. The predicted molar refractivity (Wildman–Crippen MR) is 123 cm³/mol. The van der Waals surface area contributed by atoms with Gasteiger partial charge in [-0.3, -0.25) is 24.4 Å². The zero-order chi connectivity index (χ0) is 23.0. The Morgan fingerprint density at radius 2 is 1.73 bits per heavy atom. The number of ether oxygens (including phenoxy) is 2. The zero-order valence-electron chi connectivity index (χ0n) is 18.2. The summed E-state index contributed by atoms with van der Waals surface area (Å²) in [6.45, 7) is 6.24. The number of amides is 1. The molecule has 176 valence electrons. The molecule has 0 bridgehead atoms. The van der Waals surface area contributed by atoms with Crippen molar-refractivity contribution in [1.82, 2.24) is 24.6 Å². The quantitative estimate of drug-likeness (QED) is 0.320. The number of carbonyl (C=O) groups excluding carboxylic acids is 1. The molecule has 1 amide bonds. The first-order valence-corrected chi connectivity index (χ1v) is 11.7. The lowest BCUT2D eigenvalue weighted by Gasteiger charge is -2.26. The number of benzene rings is 1. The number of aromatic nitrogens is 3. The first-order valence-electron chi connectivity index (χ1n) is 10.8. The molecule has 1 aromatic heterocycles. The number of hydrogen-bond acceptors (Lipinski definition) is 9. The highest BCUT2D eigenvalue weighted by molar-refractivity contribution is 7.99. The second-order valence-electron chi connectivity index (χ2n) is 7.56. The van der Waals surface area contributed by atoms with Crippen LogP contribution in [0.25, 0.3) is 17.6 Å². The van der Waals surface area contributed by atoms with Crippen molar-refractivity contribution in [3.05, 3.63) is 40.5 Å². The highest BCUT2D eigenvalue weighted by Crippen LogP contribution is 2.26. The fourth-order valence-electron chi connectivity index (χ4n) is 3.55. The number of morpholine rings is 2. The third kappa shape index (κ3) is 6.16. The van der Waals surface area contributed by atoms with Gasteiger partial charge in [0.25, 0.3) is 5.69 Å². The van der Waals surface area contributed by atoms with Gasteiger partial charge in [-0.2, -0.15) is 0 Å². The van der Waals surface area contributed by atoms with Crippen LogP contribution < -0.4 is 0 Å². The summed E-state index contributed by atoms with van der Waals surface area (Å²) in [5.74, 6) is 0.840. The van der Waals surface area contributed by atoms with Gasteiger partial charge in [0.05, 0.1) is 37.1 Å². The molecule has 0 spiro atoms. The molecule has 0 N–H and O–H groups in total. The Morgan fingerprint density at radius 3 is 2.39 bits per heavy atom. The third-order valence-corrected chi connectivity index (χ3v) is 6.34. The average Bonchev–Trinajstić information content (AvgIpc) is 3.26. The van der Waals surface area contributed by atoms with Gasteiger partial charge in [-0.1, -0.05) is 17.8 Å². The molecule has 33 heavy (non-hydrogen) atoms. The van der Waals surface area contributed by atoms with Gasteiger partial charge in [-0.15, -0.1) is 10.2 Å². The van der Waals surface area contributed by atoms with Crippen LogP contribution in [0.3, 0.4) is 0 Å². The highest BCUT2D eigenvalue weighted by Gasteiger charge is 2.20. The average molecular weight is 475 g/mol. The number of nitro groups is 1. The molecule has 2 aliphatic rings. The van der Waals surface area contributed by atoms with Gasteiger partial charge in [0.1, 0.15) is 0 Å².